The summed E-state index contributed by atoms with van der Waals surface area (Å²) in [6, 6.07) is 7.86. The molecule has 170 valence electrons. The summed E-state index contributed by atoms with van der Waals surface area (Å²) in [6.07, 6.45) is 6.88. The first-order valence-corrected chi connectivity index (χ1v) is 12.8. The van der Waals surface area contributed by atoms with Crippen LogP contribution in [0.5, 0.6) is 5.75 Å². The van der Waals surface area contributed by atoms with E-state index in [1.165, 1.54) is 32.4 Å². The van der Waals surface area contributed by atoms with Crippen molar-refractivity contribution in [1.82, 2.24) is 19.4 Å². The molecule has 2 fully saturated rings. The minimum Gasteiger partial charge on any atom is -0.493 e. The first-order chi connectivity index (χ1) is 15.4. The molecule has 5 rings (SSSR count). The Morgan fingerprint density at radius 1 is 1.22 bits per heavy atom. The zero-order valence-electron chi connectivity index (χ0n) is 17.8. The van der Waals surface area contributed by atoms with Gasteiger partial charge in [0.15, 0.2) is 0 Å². The molecule has 10 heteroatoms. The number of rotatable bonds is 8. The zero-order chi connectivity index (χ0) is 22.3. The molecule has 3 aromatic rings. The first-order valence-electron chi connectivity index (χ1n) is 11.0. The van der Waals surface area contributed by atoms with Gasteiger partial charge in [-0.05, 0) is 56.0 Å². The molecule has 32 heavy (non-hydrogen) atoms. The van der Waals surface area contributed by atoms with Crippen LogP contribution in [0.15, 0.2) is 36.8 Å². The van der Waals surface area contributed by atoms with Crippen molar-refractivity contribution < 1.29 is 19.1 Å². The number of fused-ring (bicyclic) bond motifs is 1. The molecule has 1 saturated carbocycles. The molecule has 0 spiro atoms. The van der Waals surface area contributed by atoms with E-state index in [2.05, 4.69) is 25.6 Å². The van der Waals surface area contributed by atoms with Crippen LogP contribution in [0, 0.1) is 5.92 Å². The number of ether oxygens (including phenoxy) is 1. The highest BCUT2D eigenvalue weighted by molar-refractivity contribution is 7.51. The molecule has 2 aromatic heterocycles. The fraction of sp³-hybridized carbons (Fsp3) is 0.455. The SMILES string of the molecule is Nc1ncnc2c1c(-c1cccc(OCCP(=O)(O)O)c1)cn2[C@H]1C[C@@H](CN2CCC2)C1. The molecule has 2 aliphatic rings. The maximum absolute atomic E-state index is 11.1. The zero-order valence-corrected chi connectivity index (χ0v) is 18.7. The Kier molecular flexibility index (Phi) is 5.67. The number of nitrogens with zero attached hydrogens (tertiary/aromatic N) is 4. The topological polar surface area (TPSA) is 127 Å². The number of nitrogen functional groups attached to an aromatic ring is 1. The van der Waals surface area contributed by atoms with Crippen LogP contribution >= 0.6 is 7.60 Å². The Morgan fingerprint density at radius 3 is 2.75 bits per heavy atom. The average Bonchev–Trinajstić information content (AvgIpc) is 3.05. The minimum atomic E-state index is -4.09. The molecule has 9 nitrogen and oxygen atoms in total. The molecule has 1 aromatic carbocycles. The second kappa shape index (κ2) is 8.48. The van der Waals surface area contributed by atoms with Gasteiger partial charge in [0.1, 0.15) is 23.5 Å². The van der Waals surface area contributed by atoms with Gasteiger partial charge >= 0.3 is 7.60 Å². The lowest BCUT2D eigenvalue weighted by Gasteiger charge is -2.42. The summed E-state index contributed by atoms with van der Waals surface area (Å²) >= 11 is 0. The summed E-state index contributed by atoms with van der Waals surface area (Å²) in [5.41, 5.74) is 8.94. The number of benzene rings is 1. The molecule has 0 radical (unpaired) electrons. The van der Waals surface area contributed by atoms with Crippen molar-refractivity contribution in [3.05, 3.63) is 36.8 Å². The number of nitrogens with two attached hydrogens (primary N) is 1. The Hall–Kier alpha value is -2.45. The van der Waals surface area contributed by atoms with Crippen LogP contribution in [0.2, 0.25) is 0 Å². The van der Waals surface area contributed by atoms with Crippen LogP contribution in [0.4, 0.5) is 5.82 Å². The van der Waals surface area contributed by atoms with E-state index < -0.39 is 7.60 Å². The minimum absolute atomic E-state index is 0.0543. The molecular formula is C22H28N5O4P. The summed E-state index contributed by atoms with van der Waals surface area (Å²) < 4.78 is 18.9. The van der Waals surface area contributed by atoms with Crippen molar-refractivity contribution in [2.24, 2.45) is 5.92 Å². The molecule has 0 unspecified atom stereocenters. The molecular weight excluding hydrogens is 429 g/mol. The Balaban J connectivity index is 1.40. The summed E-state index contributed by atoms with van der Waals surface area (Å²) in [5, 5.41) is 0.825. The van der Waals surface area contributed by atoms with Gasteiger partial charge < -0.3 is 29.7 Å². The lowest BCUT2D eigenvalue weighted by Crippen LogP contribution is -2.43. The molecule has 1 saturated heterocycles. The van der Waals surface area contributed by atoms with E-state index in [4.69, 9.17) is 20.3 Å². The lowest BCUT2D eigenvalue weighted by atomic mass is 9.79. The van der Waals surface area contributed by atoms with Gasteiger partial charge in [0.25, 0.3) is 0 Å². The molecule has 0 amide bonds. The number of likely N-dealkylation sites (tertiary alicyclic amines) is 1. The quantitative estimate of drug-likeness (QED) is 0.441. The van der Waals surface area contributed by atoms with Gasteiger partial charge in [0.2, 0.25) is 0 Å². The number of hydrogen-bond donors (Lipinski definition) is 3. The van der Waals surface area contributed by atoms with Crippen molar-refractivity contribution in [2.75, 3.05) is 38.1 Å². The van der Waals surface area contributed by atoms with Crippen molar-refractivity contribution in [3.63, 3.8) is 0 Å². The van der Waals surface area contributed by atoms with Crippen LogP contribution in [0.1, 0.15) is 25.3 Å². The standard InChI is InChI=1S/C22H28N5O4P/c23-21-20-19(16-3-1-4-18(11-16)31-7-8-32(28,29)30)13-27(22(20)25-14-24-21)17-9-15(10-17)12-26-5-2-6-26/h1,3-4,11,13-15,17H,2,5-10,12H2,(H2,23,24,25)(H2,28,29,30)/t15-,17+. The monoisotopic (exact) mass is 457 g/mol. The summed E-state index contributed by atoms with van der Waals surface area (Å²) in [6.45, 7) is 3.59. The van der Waals surface area contributed by atoms with E-state index in [9.17, 15) is 4.57 Å². The van der Waals surface area contributed by atoms with E-state index >= 15 is 0 Å². The second-order valence-corrected chi connectivity index (χ2v) is 10.6. The highest BCUT2D eigenvalue weighted by Gasteiger charge is 2.34. The van der Waals surface area contributed by atoms with Crippen LogP contribution < -0.4 is 10.5 Å². The third kappa shape index (κ3) is 4.38. The fourth-order valence-electron chi connectivity index (χ4n) is 4.65. The van der Waals surface area contributed by atoms with Gasteiger partial charge in [-0.15, -0.1) is 0 Å². The van der Waals surface area contributed by atoms with Crippen molar-refractivity contribution in [3.8, 4) is 16.9 Å². The van der Waals surface area contributed by atoms with E-state index in [1.807, 2.05) is 18.2 Å². The van der Waals surface area contributed by atoms with Crippen LogP contribution in [0.3, 0.4) is 0 Å². The molecule has 1 aliphatic carbocycles. The van der Waals surface area contributed by atoms with Crippen molar-refractivity contribution in [1.29, 1.82) is 0 Å². The van der Waals surface area contributed by atoms with Gasteiger partial charge in [-0.2, -0.15) is 0 Å². The average molecular weight is 457 g/mol. The fourth-order valence-corrected chi connectivity index (χ4v) is 4.98. The smallest absolute Gasteiger partial charge is 0.328 e. The Bertz CT molecular complexity index is 1170. The molecule has 4 N–H and O–H groups in total. The summed E-state index contributed by atoms with van der Waals surface area (Å²) in [4.78, 5) is 29.4. The van der Waals surface area contributed by atoms with Crippen molar-refractivity contribution in [2.45, 2.75) is 25.3 Å². The third-order valence-corrected chi connectivity index (χ3v) is 7.27. The van der Waals surface area contributed by atoms with E-state index in [1.54, 1.807) is 6.07 Å². The predicted octanol–water partition coefficient (Wildman–Crippen LogP) is 2.89. The molecule has 0 atom stereocenters. The highest BCUT2D eigenvalue weighted by atomic mass is 31.2. The number of anilines is 1. The molecule has 0 bridgehead atoms. The third-order valence-electron chi connectivity index (χ3n) is 6.50. The molecule has 1 aliphatic heterocycles. The number of hydrogen-bond acceptors (Lipinski definition) is 6. The van der Waals surface area contributed by atoms with E-state index in [0.29, 0.717) is 17.6 Å². The van der Waals surface area contributed by atoms with Crippen LogP contribution in [-0.2, 0) is 4.57 Å². The summed E-state index contributed by atoms with van der Waals surface area (Å²) in [7, 11) is -4.09. The van der Waals surface area contributed by atoms with E-state index in [0.717, 1.165) is 40.9 Å². The van der Waals surface area contributed by atoms with E-state index in [-0.39, 0.29) is 12.8 Å². The lowest BCUT2D eigenvalue weighted by molar-refractivity contribution is 0.0921. The van der Waals surface area contributed by atoms with Gasteiger partial charge in [0.05, 0.1) is 18.2 Å². The maximum Gasteiger partial charge on any atom is 0.328 e. The maximum atomic E-state index is 11.1. The normalized spacial score (nSPS) is 21.3. The van der Waals surface area contributed by atoms with Gasteiger partial charge in [-0.25, -0.2) is 9.97 Å². The van der Waals surface area contributed by atoms with Crippen LogP contribution in [0.25, 0.3) is 22.2 Å². The predicted molar refractivity (Wildman–Crippen MR) is 123 cm³/mol. The Labute approximate surface area is 186 Å². The van der Waals surface area contributed by atoms with Gasteiger partial charge in [-0.1, -0.05) is 12.1 Å². The number of aromatic nitrogens is 3. The second-order valence-electron chi connectivity index (χ2n) is 8.82. The van der Waals surface area contributed by atoms with Crippen LogP contribution in [-0.4, -0.2) is 61.6 Å². The Morgan fingerprint density at radius 2 is 2.03 bits per heavy atom. The van der Waals surface area contributed by atoms with Gasteiger partial charge in [-0.3, -0.25) is 4.57 Å². The molecule has 3 heterocycles. The largest absolute Gasteiger partial charge is 0.493 e. The summed E-state index contributed by atoms with van der Waals surface area (Å²) in [5.74, 6) is 1.71. The first kappa shape index (κ1) is 21.4. The van der Waals surface area contributed by atoms with Crippen molar-refractivity contribution >= 4 is 24.4 Å². The highest BCUT2D eigenvalue weighted by Crippen LogP contribution is 2.43. The van der Waals surface area contributed by atoms with Gasteiger partial charge in [0, 0.05) is 24.3 Å².